The maximum absolute atomic E-state index is 14.3. The van der Waals surface area contributed by atoms with Crippen LogP contribution in [0.3, 0.4) is 0 Å². The highest BCUT2D eigenvalue weighted by atomic mass is 28.4. The van der Waals surface area contributed by atoms with Gasteiger partial charge in [-0.3, -0.25) is 24.0 Å². The lowest BCUT2D eigenvalue weighted by atomic mass is 9.78. The molecular formula is C54H89NO12Si. The number of nitrogens with zero attached hydrogens (tertiary/aromatic N) is 1. The van der Waals surface area contributed by atoms with Crippen molar-refractivity contribution in [3.05, 3.63) is 35.5 Å². The van der Waals surface area contributed by atoms with Crippen LogP contribution < -0.4 is 0 Å². The van der Waals surface area contributed by atoms with Crippen molar-refractivity contribution in [2.45, 2.75) is 200 Å². The van der Waals surface area contributed by atoms with Crippen molar-refractivity contribution in [1.82, 2.24) is 4.90 Å². The van der Waals surface area contributed by atoms with E-state index in [1.807, 2.05) is 40.7 Å². The number of methoxy groups -OCH3 is 3. The third kappa shape index (κ3) is 16.6. The third-order valence-corrected chi connectivity index (χ3v) is 16.1. The smallest absolute Gasteiger partial charge is 0.311 e. The Hall–Kier alpha value is -2.85. The van der Waals surface area contributed by atoms with Crippen LogP contribution in [0.4, 0.5) is 0 Å². The number of hydrogen-bond donors (Lipinski definition) is 1. The summed E-state index contributed by atoms with van der Waals surface area (Å²) in [5.41, 5.74) is 1.87. The second-order valence-corrected chi connectivity index (χ2v) is 26.5. The van der Waals surface area contributed by atoms with Crippen LogP contribution in [0.15, 0.2) is 35.5 Å². The molecule has 1 N–H and O–H groups in total. The number of fused-ring (bicyclic) bond motifs is 4. The van der Waals surface area contributed by atoms with Gasteiger partial charge >= 0.3 is 5.97 Å². The number of cyclic esters (lactones) is 1. The number of carbonyl (C=O) groups excluding carboxylic acids is 5. The second kappa shape index (κ2) is 26.6. The molecule has 4 bridgehead atoms. The van der Waals surface area contributed by atoms with E-state index in [2.05, 4.69) is 44.8 Å². The number of rotatable bonds is 8. The van der Waals surface area contributed by atoms with Crippen LogP contribution in [0.5, 0.6) is 0 Å². The molecule has 13 nitrogen and oxygen atoms in total. The lowest BCUT2D eigenvalue weighted by Crippen LogP contribution is -2.59. The summed E-state index contributed by atoms with van der Waals surface area (Å²) >= 11 is 0. The Morgan fingerprint density at radius 2 is 1.56 bits per heavy atom. The monoisotopic (exact) mass is 972 g/mol. The Morgan fingerprint density at radius 1 is 0.853 bits per heavy atom. The zero-order valence-electron chi connectivity index (χ0n) is 44.0. The van der Waals surface area contributed by atoms with Crippen LogP contribution in [-0.4, -0.2) is 124 Å². The maximum atomic E-state index is 14.3. The minimum atomic E-state index is -2.33. The molecule has 14 heteroatoms. The van der Waals surface area contributed by atoms with Gasteiger partial charge in [-0.15, -0.1) is 0 Å². The van der Waals surface area contributed by atoms with Crippen molar-refractivity contribution in [2.75, 3.05) is 34.4 Å². The van der Waals surface area contributed by atoms with Gasteiger partial charge in [-0.2, -0.15) is 0 Å². The molecule has 0 spiro atoms. The zero-order valence-corrected chi connectivity index (χ0v) is 45.0. The Bertz CT molecular complexity index is 1790. The summed E-state index contributed by atoms with van der Waals surface area (Å²) in [6, 6.07) is 0. The number of aliphatic hydroxyl groups is 1. The molecule has 0 aromatic heterocycles. The SMILES string of the molecule is CO[C@H]1C[C@@H]2CC[C@@H](C)[C@@](O)(O2)C(=O)C(=O)N2CCCC(C2)C(=O)O[C@H]([C@H](C)C[C@@H]2CC[C@@H](O[Si](C)(C)C)[C@H](OC)C2)CC(=O)[C@H](C)/C=C(\C)C[C@@H](OC)C(=O)[C@H](C)C[C@H](C)/C=C/CCC=C1C. The fraction of sp³-hybridized carbons (Fsp3) is 0.796. The average Bonchev–Trinajstić information content (AvgIpc) is 3.29. The minimum absolute atomic E-state index is 0.00869. The van der Waals surface area contributed by atoms with Gasteiger partial charge in [0.1, 0.15) is 18.0 Å². The number of esters is 1. The number of ketones is 3. The number of carbonyl (C=O) groups is 5. The van der Waals surface area contributed by atoms with Crippen LogP contribution in [0.2, 0.25) is 19.6 Å². The largest absolute Gasteiger partial charge is 0.461 e. The van der Waals surface area contributed by atoms with E-state index in [-0.39, 0.29) is 73.1 Å². The van der Waals surface area contributed by atoms with E-state index in [1.165, 1.54) is 4.90 Å². The van der Waals surface area contributed by atoms with Gasteiger partial charge in [0.25, 0.3) is 11.7 Å². The van der Waals surface area contributed by atoms with Crippen LogP contribution >= 0.6 is 0 Å². The summed E-state index contributed by atoms with van der Waals surface area (Å²) < 4.78 is 36.6. The molecule has 3 heterocycles. The molecule has 0 radical (unpaired) electrons. The van der Waals surface area contributed by atoms with Gasteiger partial charge < -0.3 is 38.1 Å². The van der Waals surface area contributed by atoms with Crippen LogP contribution in [0, 0.1) is 41.4 Å². The number of Topliss-reactive ketones (excluding diaryl/α,β-unsaturated/α-hetero) is 3. The number of amides is 1. The Morgan fingerprint density at radius 3 is 2.22 bits per heavy atom. The van der Waals surface area contributed by atoms with Gasteiger partial charge in [0.05, 0.1) is 30.3 Å². The first-order chi connectivity index (χ1) is 32.0. The van der Waals surface area contributed by atoms with E-state index < -0.39 is 67.8 Å². The number of piperidine rings is 1. The quantitative estimate of drug-likeness (QED) is 0.106. The van der Waals surface area contributed by atoms with Gasteiger partial charge in [0, 0.05) is 71.4 Å². The van der Waals surface area contributed by atoms with Crippen molar-refractivity contribution < 1.29 is 57.2 Å². The van der Waals surface area contributed by atoms with Gasteiger partial charge in [-0.1, -0.05) is 64.5 Å². The average molecular weight is 972 g/mol. The summed E-state index contributed by atoms with van der Waals surface area (Å²) in [5, 5.41) is 11.9. The van der Waals surface area contributed by atoms with E-state index in [0.717, 1.165) is 43.3 Å². The van der Waals surface area contributed by atoms with Gasteiger partial charge in [0.2, 0.25) is 5.79 Å². The molecule has 1 amide bonds. The summed E-state index contributed by atoms with van der Waals surface area (Å²) in [5.74, 6) is -6.70. The van der Waals surface area contributed by atoms with Gasteiger partial charge in [0.15, 0.2) is 14.1 Å². The van der Waals surface area contributed by atoms with E-state index in [9.17, 15) is 29.1 Å². The molecule has 68 heavy (non-hydrogen) atoms. The molecule has 4 aliphatic rings. The lowest BCUT2D eigenvalue weighted by molar-refractivity contribution is -0.265. The molecule has 1 saturated carbocycles. The molecule has 386 valence electrons. The van der Waals surface area contributed by atoms with Crippen LogP contribution in [0.1, 0.15) is 138 Å². The summed E-state index contributed by atoms with van der Waals surface area (Å²) in [4.78, 5) is 71.6. The van der Waals surface area contributed by atoms with Crippen molar-refractivity contribution >= 4 is 37.5 Å². The fourth-order valence-electron chi connectivity index (χ4n) is 10.9. The second-order valence-electron chi connectivity index (χ2n) is 22.1. The highest BCUT2D eigenvalue weighted by Gasteiger charge is 2.52. The van der Waals surface area contributed by atoms with E-state index >= 15 is 0 Å². The van der Waals surface area contributed by atoms with Crippen molar-refractivity contribution in [3.8, 4) is 0 Å². The first kappa shape index (κ1) is 57.7. The number of hydrogen-bond acceptors (Lipinski definition) is 12. The molecule has 1 unspecified atom stereocenters. The molecule has 2 saturated heterocycles. The maximum Gasteiger partial charge on any atom is 0.311 e. The summed E-state index contributed by atoms with van der Waals surface area (Å²) in [7, 11) is 3.11. The van der Waals surface area contributed by atoms with Crippen LogP contribution in [0.25, 0.3) is 0 Å². The highest BCUT2D eigenvalue weighted by Crippen LogP contribution is 2.38. The topological polar surface area (TPSA) is 164 Å². The lowest BCUT2D eigenvalue weighted by Gasteiger charge is -2.42. The van der Waals surface area contributed by atoms with Gasteiger partial charge in [-0.25, -0.2) is 0 Å². The van der Waals surface area contributed by atoms with E-state index in [4.69, 9.17) is 28.1 Å². The molecular weight excluding hydrogens is 883 g/mol. The molecule has 14 atom stereocenters. The van der Waals surface area contributed by atoms with Gasteiger partial charge in [-0.05, 0) is 127 Å². The molecule has 0 aromatic rings. The van der Waals surface area contributed by atoms with Crippen molar-refractivity contribution in [1.29, 1.82) is 0 Å². The Kier molecular flexibility index (Phi) is 22.5. The normalized spacial score (nSPS) is 37.3. The molecule has 1 aliphatic carbocycles. The van der Waals surface area contributed by atoms with E-state index in [1.54, 1.807) is 28.3 Å². The fourth-order valence-corrected chi connectivity index (χ4v) is 12.1. The minimum Gasteiger partial charge on any atom is -0.461 e. The first-order valence-electron chi connectivity index (χ1n) is 25.8. The molecule has 3 fully saturated rings. The summed E-state index contributed by atoms with van der Waals surface area (Å²) in [6.07, 6.45) is 14.3. The summed E-state index contributed by atoms with van der Waals surface area (Å²) in [6.45, 7) is 20.3. The number of ether oxygens (including phenoxy) is 5. The third-order valence-electron chi connectivity index (χ3n) is 15.1. The highest BCUT2D eigenvalue weighted by molar-refractivity contribution is 6.69. The zero-order chi connectivity index (χ0) is 50.5. The predicted molar refractivity (Wildman–Crippen MR) is 266 cm³/mol. The van der Waals surface area contributed by atoms with Crippen molar-refractivity contribution in [2.24, 2.45) is 41.4 Å². The van der Waals surface area contributed by atoms with E-state index in [0.29, 0.717) is 51.4 Å². The van der Waals surface area contributed by atoms with Crippen LogP contribution in [-0.2, 0) is 52.1 Å². The van der Waals surface area contributed by atoms with Crippen molar-refractivity contribution in [3.63, 3.8) is 0 Å². The molecule has 4 rings (SSSR count). The first-order valence-corrected chi connectivity index (χ1v) is 29.2. The molecule has 3 aliphatic heterocycles. The standard InChI is InChI=1S/C54H89NO12Si/c1-34-18-15-14-16-19-36(3)46(62-8)31-43-23-21-40(7)54(61,66-43)51(58)52(59)55-25-17-20-42(33-55)53(60)65-47(38(5)29-41-22-24-45(48(30-41)63-9)67-68(11,12)13)32-44(56)37(4)27-35(2)28-49(64-10)50(57)39(6)26-34/h15,18-19,27,34,37-43,45-49,61H,14,16-17,20-26,28-33H2,1-13H3/b18-15+,35-27+,36-19?/t34-,37-,38-,39-,40-,41+,42?,43+,45-,46+,47+,48-,49-,54-/m1/s1. The Balaban J connectivity index is 1.62. The Labute approximate surface area is 410 Å². The predicted octanol–water partition coefficient (Wildman–Crippen LogP) is 9.15. The number of allylic oxidation sites excluding steroid dienone is 4. The molecule has 0 aromatic carbocycles.